The van der Waals surface area contributed by atoms with E-state index < -0.39 is 0 Å². The molecule has 0 aliphatic carbocycles. The standard InChI is InChI=1S/C19H26O4/c1-3-19(21)23-15-9-7-5-4-6-8-14-22-18-12-10-17(11-13-18)16(2)20/h3,10-13H,1,4-9,14-15H2,2H3. The van der Waals surface area contributed by atoms with Crippen molar-refractivity contribution in [3.05, 3.63) is 42.5 Å². The molecule has 0 saturated carbocycles. The second kappa shape index (κ2) is 11.5. The van der Waals surface area contributed by atoms with Gasteiger partial charge in [0.15, 0.2) is 5.78 Å². The number of hydrogen-bond donors (Lipinski definition) is 0. The quantitative estimate of drug-likeness (QED) is 0.249. The normalized spacial score (nSPS) is 10.1. The second-order valence-electron chi connectivity index (χ2n) is 5.42. The van der Waals surface area contributed by atoms with Crippen molar-refractivity contribution < 1.29 is 19.1 Å². The van der Waals surface area contributed by atoms with E-state index in [0.717, 1.165) is 44.3 Å². The van der Waals surface area contributed by atoms with Crippen LogP contribution in [0.2, 0.25) is 0 Å². The van der Waals surface area contributed by atoms with Crippen molar-refractivity contribution >= 4 is 11.8 Å². The van der Waals surface area contributed by atoms with Gasteiger partial charge in [-0.05, 0) is 44.0 Å². The SMILES string of the molecule is C=CC(=O)OCCCCCCCCOc1ccc(C(C)=O)cc1. The van der Waals surface area contributed by atoms with Gasteiger partial charge in [0.2, 0.25) is 0 Å². The van der Waals surface area contributed by atoms with Gasteiger partial charge in [0.1, 0.15) is 5.75 Å². The highest BCUT2D eigenvalue weighted by molar-refractivity contribution is 5.94. The second-order valence-corrected chi connectivity index (χ2v) is 5.42. The van der Waals surface area contributed by atoms with Crippen LogP contribution >= 0.6 is 0 Å². The first-order valence-electron chi connectivity index (χ1n) is 8.16. The number of rotatable bonds is 12. The molecule has 1 aromatic rings. The zero-order valence-corrected chi connectivity index (χ0v) is 13.9. The monoisotopic (exact) mass is 318 g/mol. The van der Waals surface area contributed by atoms with Crippen molar-refractivity contribution in [2.75, 3.05) is 13.2 Å². The molecule has 0 amide bonds. The maximum atomic E-state index is 11.2. The summed E-state index contributed by atoms with van der Waals surface area (Å²) >= 11 is 0. The first-order chi connectivity index (χ1) is 11.1. The van der Waals surface area contributed by atoms with Gasteiger partial charge in [-0.1, -0.05) is 32.3 Å². The van der Waals surface area contributed by atoms with Crippen LogP contribution in [0.4, 0.5) is 0 Å². The van der Waals surface area contributed by atoms with Crippen LogP contribution in [0.25, 0.3) is 0 Å². The van der Waals surface area contributed by atoms with Crippen LogP contribution in [0.3, 0.4) is 0 Å². The summed E-state index contributed by atoms with van der Waals surface area (Å²) in [5.41, 5.74) is 0.705. The Hall–Kier alpha value is -2.10. The van der Waals surface area contributed by atoms with Crippen LogP contribution in [-0.2, 0) is 9.53 Å². The van der Waals surface area contributed by atoms with Crippen LogP contribution in [0.1, 0.15) is 55.8 Å². The fourth-order valence-corrected chi connectivity index (χ4v) is 2.12. The Morgan fingerprint density at radius 2 is 1.52 bits per heavy atom. The van der Waals surface area contributed by atoms with Gasteiger partial charge in [-0.3, -0.25) is 4.79 Å². The molecule has 0 aliphatic heterocycles. The van der Waals surface area contributed by atoms with E-state index in [-0.39, 0.29) is 11.8 Å². The van der Waals surface area contributed by atoms with Gasteiger partial charge in [0.25, 0.3) is 0 Å². The summed E-state index contributed by atoms with van der Waals surface area (Å²) < 4.78 is 10.6. The number of hydrogen-bond acceptors (Lipinski definition) is 4. The number of carbonyl (C=O) groups is 2. The minimum atomic E-state index is -0.349. The third-order valence-electron chi connectivity index (χ3n) is 3.48. The van der Waals surface area contributed by atoms with Crippen molar-refractivity contribution in [2.45, 2.75) is 45.4 Å². The summed E-state index contributed by atoms with van der Waals surface area (Å²) in [6, 6.07) is 7.25. The lowest BCUT2D eigenvalue weighted by atomic mass is 10.1. The molecule has 4 heteroatoms. The number of unbranched alkanes of at least 4 members (excludes halogenated alkanes) is 5. The van der Waals surface area contributed by atoms with Gasteiger partial charge in [-0.15, -0.1) is 0 Å². The predicted molar refractivity (Wildman–Crippen MR) is 90.8 cm³/mol. The van der Waals surface area contributed by atoms with E-state index in [1.807, 2.05) is 12.1 Å². The molecule has 0 saturated heterocycles. The molecule has 4 nitrogen and oxygen atoms in total. The number of esters is 1. The molecule has 0 atom stereocenters. The molecule has 23 heavy (non-hydrogen) atoms. The number of ketones is 1. The number of ether oxygens (including phenoxy) is 2. The lowest BCUT2D eigenvalue weighted by molar-refractivity contribution is -0.137. The Morgan fingerprint density at radius 1 is 0.957 bits per heavy atom. The molecule has 0 heterocycles. The third-order valence-corrected chi connectivity index (χ3v) is 3.48. The molecular weight excluding hydrogens is 292 g/mol. The summed E-state index contributed by atoms with van der Waals surface area (Å²) in [5, 5.41) is 0. The summed E-state index contributed by atoms with van der Waals surface area (Å²) in [6.45, 7) is 6.07. The predicted octanol–water partition coefficient (Wildman–Crippen LogP) is 4.34. The van der Waals surface area contributed by atoms with Gasteiger partial charge >= 0.3 is 5.97 Å². The maximum absolute atomic E-state index is 11.2. The molecular formula is C19H26O4. The van der Waals surface area contributed by atoms with Crippen molar-refractivity contribution in [1.29, 1.82) is 0 Å². The van der Waals surface area contributed by atoms with Crippen molar-refractivity contribution in [1.82, 2.24) is 0 Å². The minimum absolute atomic E-state index is 0.0656. The van der Waals surface area contributed by atoms with Gasteiger partial charge in [0, 0.05) is 11.6 Å². The summed E-state index contributed by atoms with van der Waals surface area (Å²) in [5.74, 6) is 0.522. The van der Waals surface area contributed by atoms with Crippen LogP contribution in [0, 0.1) is 0 Å². The van der Waals surface area contributed by atoms with Crippen molar-refractivity contribution in [3.8, 4) is 5.75 Å². The lowest BCUT2D eigenvalue weighted by Crippen LogP contribution is -2.01. The molecule has 0 radical (unpaired) electrons. The molecule has 0 spiro atoms. The summed E-state index contributed by atoms with van der Waals surface area (Å²) in [7, 11) is 0. The van der Waals surface area contributed by atoms with E-state index in [2.05, 4.69) is 6.58 Å². The van der Waals surface area contributed by atoms with E-state index >= 15 is 0 Å². The zero-order valence-electron chi connectivity index (χ0n) is 13.9. The zero-order chi connectivity index (χ0) is 16.9. The van der Waals surface area contributed by atoms with Gasteiger partial charge in [-0.2, -0.15) is 0 Å². The van der Waals surface area contributed by atoms with Gasteiger partial charge in [0.05, 0.1) is 13.2 Å². The summed E-state index contributed by atoms with van der Waals surface area (Å²) in [4.78, 5) is 22.0. The Morgan fingerprint density at radius 3 is 2.09 bits per heavy atom. The van der Waals surface area contributed by atoms with Crippen LogP contribution in [0.5, 0.6) is 5.75 Å². The molecule has 0 N–H and O–H groups in total. The maximum Gasteiger partial charge on any atom is 0.330 e. The fraction of sp³-hybridized carbons (Fsp3) is 0.474. The molecule has 0 fully saturated rings. The smallest absolute Gasteiger partial charge is 0.330 e. The Kier molecular flexibility index (Phi) is 9.45. The average Bonchev–Trinajstić information content (AvgIpc) is 2.56. The molecule has 1 rings (SSSR count). The molecule has 0 bridgehead atoms. The number of Topliss-reactive ketones (excluding diaryl/α,β-unsaturated/α-hetero) is 1. The highest BCUT2D eigenvalue weighted by Crippen LogP contribution is 2.13. The topological polar surface area (TPSA) is 52.6 Å². The van der Waals surface area contributed by atoms with E-state index in [4.69, 9.17) is 9.47 Å². The van der Waals surface area contributed by atoms with Crippen molar-refractivity contribution in [2.24, 2.45) is 0 Å². The molecule has 0 aromatic heterocycles. The number of benzene rings is 1. The Balaban J connectivity index is 1.96. The Labute approximate surface area is 138 Å². The Bertz CT molecular complexity index is 491. The highest BCUT2D eigenvalue weighted by atomic mass is 16.5. The minimum Gasteiger partial charge on any atom is -0.494 e. The average molecular weight is 318 g/mol. The van der Waals surface area contributed by atoms with Crippen molar-refractivity contribution in [3.63, 3.8) is 0 Å². The molecule has 0 aliphatic rings. The molecule has 126 valence electrons. The van der Waals surface area contributed by atoms with E-state index in [0.29, 0.717) is 18.8 Å². The highest BCUT2D eigenvalue weighted by Gasteiger charge is 2.00. The van der Waals surface area contributed by atoms with E-state index in [1.165, 1.54) is 6.08 Å². The number of carbonyl (C=O) groups excluding carboxylic acids is 2. The molecule has 1 aromatic carbocycles. The lowest BCUT2D eigenvalue weighted by Gasteiger charge is -2.06. The molecule has 0 unspecified atom stereocenters. The summed E-state index contributed by atoms with van der Waals surface area (Å²) in [6.07, 6.45) is 7.59. The third kappa shape index (κ3) is 8.81. The first kappa shape index (κ1) is 18.9. The first-order valence-corrected chi connectivity index (χ1v) is 8.16. The van der Waals surface area contributed by atoms with Crippen LogP contribution in [-0.4, -0.2) is 25.0 Å². The van der Waals surface area contributed by atoms with E-state index in [9.17, 15) is 9.59 Å². The largest absolute Gasteiger partial charge is 0.494 e. The van der Waals surface area contributed by atoms with E-state index in [1.54, 1.807) is 19.1 Å². The fourth-order valence-electron chi connectivity index (χ4n) is 2.12. The van der Waals surface area contributed by atoms with Gasteiger partial charge < -0.3 is 9.47 Å². The van der Waals surface area contributed by atoms with Crippen LogP contribution in [0.15, 0.2) is 36.9 Å². The van der Waals surface area contributed by atoms with Crippen LogP contribution < -0.4 is 4.74 Å². The van der Waals surface area contributed by atoms with Gasteiger partial charge in [-0.25, -0.2) is 4.79 Å².